The molecule has 0 aromatic heterocycles. The van der Waals surface area contributed by atoms with Gasteiger partial charge in [0.05, 0.1) is 24.0 Å². The molecule has 8 heteroatoms. The second kappa shape index (κ2) is 14.0. The summed E-state index contributed by atoms with van der Waals surface area (Å²) in [7, 11) is 0. The first-order valence-electron chi connectivity index (χ1n) is 15.0. The quantitative estimate of drug-likeness (QED) is 0.266. The first kappa shape index (κ1) is 31.2. The summed E-state index contributed by atoms with van der Waals surface area (Å²) in [6, 6.07) is 27.5. The fourth-order valence-electron chi connectivity index (χ4n) is 6.47. The monoisotopic (exact) mass is 612 g/mol. The molecule has 0 spiro atoms. The third-order valence-corrected chi connectivity index (χ3v) is 8.96. The van der Waals surface area contributed by atoms with E-state index in [0.717, 1.165) is 16.7 Å². The molecule has 0 saturated carbocycles. The molecule has 2 aliphatic heterocycles. The number of amides is 1. The maximum Gasteiger partial charge on any atom is 0.336 e. The number of allylic oxidation sites excluding steroid dienone is 1. The highest BCUT2D eigenvalue weighted by Gasteiger charge is 2.44. The lowest BCUT2D eigenvalue weighted by molar-refractivity contribution is -0.146. The molecule has 1 saturated heterocycles. The van der Waals surface area contributed by atoms with Crippen molar-refractivity contribution in [1.29, 1.82) is 0 Å². The first-order valence-corrected chi connectivity index (χ1v) is 15.4. The number of piperidine rings is 1. The highest BCUT2D eigenvalue weighted by Crippen LogP contribution is 2.41. The van der Waals surface area contributed by atoms with Crippen molar-refractivity contribution in [2.75, 3.05) is 19.7 Å². The van der Waals surface area contributed by atoms with Crippen LogP contribution in [0, 0.1) is 11.8 Å². The van der Waals surface area contributed by atoms with Crippen LogP contribution in [0.1, 0.15) is 61.6 Å². The van der Waals surface area contributed by atoms with Crippen molar-refractivity contribution in [1.82, 2.24) is 4.90 Å². The normalized spacial score (nSPS) is 19.1. The lowest BCUT2D eigenvalue weighted by Crippen LogP contribution is -2.47. The summed E-state index contributed by atoms with van der Waals surface area (Å²) in [6.07, 6.45) is 1.36. The summed E-state index contributed by atoms with van der Waals surface area (Å²) in [4.78, 5) is 45.9. The molecule has 2 heterocycles. The number of benzene rings is 3. The second-order valence-corrected chi connectivity index (χ2v) is 11.9. The van der Waals surface area contributed by atoms with Gasteiger partial charge in [-0.05, 0) is 61.9 Å². The fourth-order valence-corrected chi connectivity index (χ4v) is 6.67. The van der Waals surface area contributed by atoms with E-state index in [1.54, 1.807) is 36.9 Å². The van der Waals surface area contributed by atoms with Crippen LogP contribution in [0.15, 0.2) is 101 Å². The summed E-state index contributed by atoms with van der Waals surface area (Å²) in [5.74, 6) is -3.34. The van der Waals surface area contributed by atoms with Crippen molar-refractivity contribution < 1.29 is 24.2 Å². The Morgan fingerprint density at radius 2 is 1.55 bits per heavy atom. The van der Waals surface area contributed by atoms with Crippen molar-refractivity contribution in [2.24, 2.45) is 16.8 Å². The van der Waals surface area contributed by atoms with Crippen LogP contribution in [0.2, 0.25) is 5.02 Å². The molecule has 2 aliphatic rings. The molecule has 0 bridgehead atoms. The number of carboxylic acid groups (broad SMARTS) is 1. The standard InChI is InChI=1S/C36H37ClN2O5/c1-23-31(34(40)39-19-16-27(17-20-39)35(41)42)33(28-14-9-15-29(37)22-28)32(24(2)38-23)36(43)44-21-18-30(25-10-5-3-6-11-25)26-12-7-4-8-13-26/h3-15,22,27,30-31,33H,16-21H2,1-2H3,(H,41,42). The number of esters is 1. The van der Waals surface area contributed by atoms with Gasteiger partial charge in [0.2, 0.25) is 5.91 Å². The van der Waals surface area contributed by atoms with E-state index in [1.807, 2.05) is 42.5 Å². The van der Waals surface area contributed by atoms with Crippen LogP contribution >= 0.6 is 11.6 Å². The predicted molar refractivity (Wildman–Crippen MR) is 171 cm³/mol. The Bertz CT molecular complexity index is 1520. The number of carboxylic acids is 1. The van der Waals surface area contributed by atoms with E-state index in [9.17, 15) is 19.5 Å². The lowest BCUT2D eigenvalue weighted by atomic mass is 9.74. The number of likely N-dealkylation sites (tertiary alicyclic amines) is 1. The van der Waals surface area contributed by atoms with E-state index in [2.05, 4.69) is 29.3 Å². The Morgan fingerprint density at radius 1 is 0.932 bits per heavy atom. The van der Waals surface area contributed by atoms with Crippen LogP contribution in [-0.4, -0.2) is 53.3 Å². The summed E-state index contributed by atoms with van der Waals surface area (Å²) in [6.45, 7) is 4.43. The van der Waals surface area contributed by atoms with Gasteiger partial charge < -0.3 is 14.7 Å². The first-order chi connectivity index (χ1) is 21.2. The highest BCUT2D eigenvalue weighted by molar-refractivity contribution is 6.30. The molecule has 7 nitrogen and oxygen atoms in total. The number of aliphatic carboxylic acids is 1. The van der Waals surface area contributed by atoms with Crippen molar-refractivity contribution >= 4 is 35.2 Å². The number of halogens is 1. The smallest absolute Gasteiger partial charge is 0.336 e. The van der Waals surface area contributed by atoms with Gasteiger partial charge in [-0.25, -0.2) is 4.79 Å². The van der Waals surface area contributed by atoms with E-state index in [0.29, 0.717) is 54.4 Å². The summed E-state index contributed by atoms with van der Waals surface area (Å²) in [5.41, 5.74) is 4.45. The minimum atomic E-state index is -0.838. The largest absolute Gasteiger partial charge is 0.481 e. The van der Waals surface area contributed by atoms with Crippen LogP contribution < -0.4 is 0 Å². The maximum atomic E-state index is 14.1. The molecule has 44 heavy (non-hydrogen) atoms. The van der Waals surface area contributed by atoms with Crippen LogP contribution in [0.5, 0.6) is 0 Å². The number of carbonyl (C=O) groups is 3. The summed E-state index contributed by atoms with van der Waals surface area (Å²) < 4.78 is 5.97. The number of rotatable bonds is 9. The average Bonchev–Trinajstić information content (AvgIpc) is 3.03. The zero-order chi connectivity index (χ0) is 31.2. The van der Waals surface area contributed by atoms with Crippen LogP contribution in [0.4, 0.5) is 0 Å². The molecule has 1 amide bonds. The van der Waals surface area contributed by atoms with Gasteiger partial charge in [0.25, 0.3) is 0 Å². The maximum absolute atomic E-state index is 14.1. The van der Waals surface area contributed by atoms with Gasteiger partial charge in [-0.3, -0.25) is 14.6 Å². The van der Waals surface area contributed by atoms with E-state index in [1.165, 1.54) is 0 Å². The number of nitrogens with zero attached hydrogens (tertiary/aromatic N) is 2. The van der Waals surface area contributed by atoms with Gasteiger partial charge in [0.15, 0.2) is 0 Å². The van der Waals surface area contributed by atoms with Crippen LogP contribution in [0.25, 0.3) is 0 Å². The average molecular weight is 613 g/mol. The molecule has 1 N–H and O–H groups in total. The minimum absolute atomic E-state index is 0.0404. The molecule has 3 aromatic carbocycles. The summed E-state index contributed by atoms with van der Waals surface area (Å²) in [5, 5.41) is 9.93. The van der Waals surface area contributed by atoms with E-state index in [4.69, 9.17) is 16.3 Å². The van der Waals surface area contributed by atoms with Gasteiger partial charge in [-0.1, -0.05) is 84.4 Å². The highest BCUT2D eigenvalue weighted by atomic mass is 35.5. The molecule has 2 atom stereocenters. The molecular weight excluding hydrogens is 576 g/mol. The fraction of sp³-hybridized carbons (Fsp3) is 0.333. The van der Waals surface area contributed by atoms with Crippen LogP contribution in [0.3, 0.4) is 0 Å². The predicted octanol–water partition coefficient (Wildman–Crippen LogP) is 6.88. The molecule has 3 aromatic rings. The van der Waals surface area contributed by atoms with E-state index in [-0.39, 0.29) is 18.4 Å². The minimum Gasteiger partial charge on any atom is -0.481 e. The Labute approximate surface area is 263 Å². The van der Waals surface area contributed by atoms with Gasteiger partial charge in [0.1, 0.15) is 0 Å². The molecule has 0 aliphatic carbocycles. The second-order valence-electron chi connectivity index (χ2n) is 11.5. The molecule has 5 rings (SSSR count). The Hall–Kier alpha value is -4.23. The third kappa shape index (κ3) is 6.94. The van der Waals surface area contributed by atoms with Gasteiger partial charge in [-0.15, -0.1) is 0 Å². The van der Waals surface area contributed by atoms with Gasteiger partial charge in [-0.2, -0.15) is 0 Å². The Morgan fingerprint density at radius 3 is 2.11 bits per heavy atom. The third-order valence-electron chi connectivity index (χ3n) is 8.72. The number of aliphatic imine (C=N–C) groups is 1. The zero-order valence-electron chi connectivity index (χ0n) is 25.0. The molecule has 1 fully saturated rings. The lowest BCUT2D eigenvalue weighted by Gasteiger charge is -2.38. The number of ether oxygens (including phenoxy) is 1. The van der Waals surface area contributed by atoms with E-state index < -0.39 is 29.7 Å². The molecule has 2 unspecified atom stereocenters. The molecule has 0 radical (unpaired) electrons. The van der Waals surface area contributed by atoms with Crippen LogP contribution in [-0.2, 0) is 19.1 Å². The number of hydrogen-bond acceptors (Lipinski definition) is 5. The Balaban J connectivity index is 1.40. The summed E-state index contributed by atoms with van der Waals surface area (Å²) >= 11 is 6.41. The zero-order valence-corrected chi connectivity index (χ0v) is 25.7. The van der Waals surface area contributed by atoms with Crippen molar-refractivity contribution in [3.05, 3.63) is 118 Å². The Kier molecular flexibility index (Phi) is 9.95. The van der Waals surface area contributed by atoms with Crippen molar-refractivity contribution in [2.45, 2.75) is 44.9 Å². The van der Waals surface area contributed by atoms with Gasteiger partial charge >= 0.3 is 11.9 Å². The molecular formula is C36H37ClN2O5. The van der Waals surface area contributed by atoms with Crippen molar-refractivity contribution in [3.63, 3.8) is 0 Å². The SMILES string of the molecule is CC1=NC(C)=C(C(=O)OCCC(c2ccccc2)c2ccccc2)C(c2cccc(Cl)c2)C1C(=O)N1CCC(C(=O)O)CC1. The number of hydrogen-bond donors (Lipinski definition) is 1. The van der Waals surface area contributed by atoms with Crippen molar-refractivity contribution in [3.8, 4) is 0 Å². The topological polar surface area (TPSA) is 96.3 Å². The van der Waals surface area contributed by atoms with Gasteiger partial charge in [0, 0.05) is 41.4 Å². The van der Waals surface area contributed by atoms with E-state index >= 15 is 0 Å². The molecule has 228 valence electrons. The number of carbonyl (C=O) groups excluding carboxylic acids is 2.